The van der Waals surface area contributed by atoms with Crippen LogP contribution in [0.4, 0.5) is 16.2 Å². The van der Waals surface area contributed by atoms with Crippen LogP contribution in [-0.4, -0.2) is 23.8 Å². The largest absolute Gasteiger partial charge is 0.497 e. The van der Waals surface area contributed by atoms with Gasteiger partial charge in [0.2, 0.25) is 0 Å². The predicted molar refractivity (Wildman–Crippen MR) is 94.4 cm³/mol. The smallest absolute Gasteiger partial charge is 0.412 e. The van der Waals surface area contributed by atoms with Crippen molar-refractivity contribution in [1.29, 1.82) is 0 Å². The molecule has 0 spiro atoms. The van der Waals surface area contributed by atoms with Crippen molar-refractivity contribution in [2.24, 2.45) is 0 Å². The van der Waals surface area contributed by atoms with Crippen LogP contribution in [0.25, 0.3) is 0 Å². The van der Waals surface area contributed by atoms with Crippen LogP contribution >= 0.6 is 0 Å². The maximum atomic E-state index is 12.0. The molecule has 6 heteroatoms. The third-order valence-electron chi connectivity index (χ3n) is 3.05. The fraction of sp³-hybridized carbons (Fsp3) is 0.333. The van der Waals surface area contributed by atoms with Crippen LogP contribution in [-0.2, 0) is 11.3 Å². The van der Waals surface area contributed by atoms with E-state index in [0.717, 1.165) is 11.4 Å². The molecule has 2 N–H and O–H groups in total. The van der Waals surface area contributed by atoms with Gasteiger partial charge in [0.15, 0.2) is 0 Å². The zero-order valence-corrected chi connectivity index (χ0v) is 14.4. The summed E-state index contributed by atoms with van der Waals surface area (Å²) in [6.07, 6.45) is 1.23. The Morgan fingerprint density at radius 3 is 2.58 bits per heavy atom. The summed E-state index contributed by atoms with van der Waals surface area (Å²) in [5.41, 5.74) is 1.67. The van der Waals surface area contributed by atoms with E-state index in [1.807, 2.05) is 45.0 Å². The quantitative estimate of drug-likeness (QED) is 0.866. The van der Waals surface area contributed by atoms with E-state index in [4.69, 9.17) is 9.47 Å². The van der Waals surface area contributed by atoms with E-state index in [9.17, 15) is 4.79 Å². The zero-order valence-electron chi connectivity index (χ0n) is 14.4. The summed E-state index contributed by atoms with van der Waals surface area (Å²) >= 11 is 0. The Balaban J connectivity index is 2.13. The second-order valence-corrected chi connectivity index (χ2v) is 6.21. The van der Waals surface area contributed by atoms with Crippen molar-refractivity contribution in [2.75, 3.05) is 17.7 Å². The van der Waals surface area contributed by atoms with E-state index in [0.29, 0.717) is 18.0 Å². The Hall–Kier alpha value is -2.76. The van der Waals surface area contributed by atoms with Crippen LogP contribution in [0.1, 0.15) is 26.5 Å². The molecule has 1 amide bonds. The minimum atomic E-state index is -0.557. The molecule has 0 aliphatic carbocycles. The van der Waals surface area contributed by atoms with Gasteiger partial charge in [0.05, 0.1) is 30.7 Å². The molecule has 0 fully saturated rings. The number of nitrogens with one attached hydrogen (secondary N) is 2. The number of carbonyl (C=O) groups is 1. The molecule has 1 aromatic carbocycles. The van der Waals surface area contributed by atoms with Crippen LogP contribution in [0.5, 0.6) is 5.75 Å². The van der Waals surface area contributed by atoms with Gasteiger partial charge in [-0.1, -0.05) is 6.07 Å². The minimum Gasteiger partial charge on any atom is -0.497 e. The first-order valence-electron chi connectivity index (χ1n) is 7.69. The van der Waals surface area contributed by atoms with Crippen molar-refractivity contribution in [3.63, 3.8) is 0 Å². The van der Waals surface area contributed by atoms with Crippen LogP contribution < -0.4 is 15.4 Å². The molecule has 0 radical (unpaired) electrons. The van der Waals surface area contributed by atoms with E-state index in [1.54, 1.807) is 25.4 Å². The third kappa shape index (κ3) is 5.46. The normalized spacial score (nSPS) is 10.8. The van der Waals surface area contributed by atoms with Gasteiger partial charge < -0.3 is 14.8 Å². The number of pyridine rings is 1. The van der Waals surface area contributed by atoms with Gasteiger partial charge in [0.1, 0.15) is 11.4 Å². The van der Waals surface area contributed by atoms with Crippen molar-refractivity contribution < 1.29 is 14.3 Å². The Kier molecular flexibility index (Phi) is 5.63. The number of hydrogen-bond donors (Lipinski definition) is 2. The molecule has 1 heterocycles. The Bertz CT molecular complexity index is 682. The standard InChI is InChI=1S/C18H23N3O3/c1-18(2,3)24-17(22)21-15-9-8-14(23-4)11-16(15)20-12-13-7-5-6-10-19-13/h5-11,20H,12H2,1-4H3,(H,21,22). The van der Waals surface area contributed by atoms with E-state index in [2.05, 4.69) is 15.6 Å². The highest BCUT2D eigenvalue weighted by Crippen LogP contribution is 2.28. The number of methoxy groups -OCH3 is 1. The number of nitrogens with zero attached hydrogens (tertiary/aromatic N) is 1. The predicted octanol–water partition coefficient (Wildman–Crippen LogP) is 4.05. The number of ether oxygens (including phenoxy) is 2. The van der Waals surface area contributed by atoms with Gasteiger partial charge in [0, 0.05) is 12.3 Å². The molecule has 128 valence electrons. The number of anilines is 2. The average Bonchev–Trinajstić information content (AvgIpc) is 2.53. The molecule has 0 atom stereocenters. The molecule has 0 aliphatic rings. The van der Waals surface area contributed by atoms with Gasteiger partial charge in [0.25, 0.3) is 0 Å². The minimum absolute atomic E-state index is 0.506. The average molecular weight is 329 g/mol. The monoisotopic (exact) mass is 329 g/mol. The second kappa shape index (κ2) is 7.68. The summed E-state index contributed by atoms with van der Waals surface area (Å²) in [4.78, 5) is 16.3. The lowest BCUT2D eigenvalue weighted by atomic mass is 10.2. The number of rotatable bonds is 5. The molecule has 6 nitrogen and oxygen atoms in total. The van der Waals surface area contributed by atoms with Crippen LogP contribution in [0, 0.1) is 0 Å². The van der Waals surface area contributed by atoms with Gasteiger partial charge in [-0.3, -0.25) is 10.3 Å². The molecule has 0 aliphatic heterocycles. The SMILES string of the molecule is COc1ccc(NC(=O)OC(C)(C)C)c(NCc2ccccn2)c1. The summed E-state index contributed by atoms with van der Waals surface area (Å²) in [6, 6.07) is 11.1. The topological polar surface area (TPSA) is 72.5 Å². The van der Waals surface area contributed by atoms with Crippen molar-refractivity contribution in [3.05, 3.63) is 48.3 Å². The molecule has 0 saturated carbocycles. The summed E-state index contributed by atoms with van der Waals surface area (Å²) in [7, 11) is 1.60. The first-order chi connectivity index (χ1) is 11.4. The molecule has 2 aromatic rings. The first-order valence-corrected chi connectivity index (χ1v) is 7.69. The Morgan fingerprint density at radius 1 is 1.17 bits per heavy atom. The van der Waals surface area contributed by atoms with Crippen molar-refractivity contribution in [2.45, 2.75) is 32.9 Å². The van der Waals surface area contributed by atoms with Crippen molar-refractivity contribution in [1.82, 2.24) is 4.98 Å². The maximum absolute atomic E-state index is 12.0. The van der Waals surface area contributed by atoms with E-state index < -0.39 is 11.7 Å². The lowest BCUT2D eigenvalue weighted by Crippen LogP contribution is -2.27. The number of carbonyl (C=O) groups excluding carboxylic acids is 1. The van der Waals surface area contributed by atoms with Crippen molar-refractivity contribution >= 4 is 17.5 Å². The van der Waals surface area contributed by atoms with Crippen LogP contribution in [0.2, 0.25) is 0 Å². The molecular weight excluding hydrogens is 306 g/mol. The summed E-state index contributed by atoms with van der Waals surface area (Å²) in [5.74, 6) is 0.688. The fourth-order valence-electron chi connectivity index (χ4n) is 2.01. The molecule has 0 saturated heterocycles. The van der Waals surface area contributed by atoms with E-state index in [-0.39, 0.29) is 0 Å². The first kappa shape index (κ1) is 17.6. The Morgan fingerprint density at radius 2 is 1.96 bits per heavy atom. The van der Waals surface area contributed by atoms with Gasteiger partial charge in [-0.25, -0.2) is 4.79 Å². The summed E-state index contributed by atoms with van der Waals surface area (Å²) in [6.45, 7) is 5.99. The molecule has 24 heavy (non-hydrogen) atoms. The van der Waals surface area contributed by atoms with Gasteiger partial charge in [-0.05, 0) is 45.0 Å². The zero-order chi connectivity index (χ0) is 17.6. The highest BCUT2D eigenvalue weighted by atomic mass is 16.6. The lowest BCUT2D eigenvalue weighted by molar-refractivity contribution is 0.0636. The number of hydrogen-bond acceptors (Lipinski definition) is 5. The van der Waals surface area contributed by atoms with Crippen LogP contribution in [0.3, 0.4) is 0 Å². The maximum Gasteiger partial charge on any atom is 0.412 e. The molecule has 1 aromatic heterocycles. The van der Waals surface area contributed by atoms with Gasteiger partial charge in [-0.2, -0.15) is 0 Å². The van der Waals surface area contributed by atoms with E-state index >= 15 is 0 Å². The summed E-state index contributed by atoms with van der Waals surface area (Å²) < 4.78 is 10.5. The summed E-state index contributed by atoms with van der Waals surface area (Å²) in [5, 5.41) is 6.01. The molecule has 2 rings (SSSR count). The number of amides is 1. The number of aromatic nitrogens is 1. The Labute approximate surface area is 142 Å². The molecule has 0 unspecified atom stereocenters. The highest BCUT2D eigenvalue weighted by molar-refractivity contribution is 5.90. The molecular formula is C18H23N3O3. The number of benzene rings is 1. The third-order valence-corrected chi connectivity index (χ3v) is 3.05. The second-order valence-electron chi connectivity index (χ2n) is 6.21. The van der Waals surface area contributed by atoms with E-state index in [1.165, 1.54) is 0 Å². The van der Waals surface area contributed by atoms with Gasteiger partial charge in [-0.15, -0.1) is 0 Å². The molecule has 0 bridgehead atoms. The fourth-order valence-corrected chi connectivity index (χ4v) is 2.01. The van der Waals surface area contributed by atoms with Crippen molar-refractivity contribution in [3.8, 4) is 5.75 Å². The lowest BCUT2D eigenvalue weighted by Gasteiger charge is -2.21. The van der Waals surface area contributed by atoms with Crippen LogP contribution in [0.15, 0.2) is 42.6 Å². The highest BCUT2D eigenvalue weighted by Gasteiger charge is 2.17. The van der Waals surface area contributed by atoms with Gasteiger partial charge >= 0.3 is 6.09 Å².